The van der Waals surface area contributed by atoms with Gasteiger partial charge in [0.15, 0.2) is 0 Å². The van der Waals surface area contributed by atoms with Gasteiger partial charge in [-0.2, -0.15) is 9.57 Å². The third-order valence-corrected chi connectivity index (χ3v) is 5.53. The quantitative estimate of drug-likeness (QED) is 0.890. The van der Waals surface area contributed by atoms with Gasteiger partial charge in [0.2, 0.25) is 10.0 Å². The van der Waals surface area contributed by atoms with Crippen molar-refractivity contribution in [1.29, 1.82) is 5.26 Å². The Morgan fingerprint density at radius 1 is 1.29 bits per heavy atom. The minimum atomic E-state index is -3.86. The molecule has 1 fully saturated rings. The number of nitriles is 1. The van der Waals surface area contributed by atoms with Gasteiger partial charge in [-0.25, -0.2) is 8.42 Å². The average molecular weight is 308 g/mol. The molecule has 0 aromatic heterocycles. The summed E-state index contributed by atoms with van der Waals surface area (Å²) in [5.74, 6) is -1.17. The maximum absolute atomic E-state index is 12.6. The topological polar surface area (TPSA) is 98.5 Å². The minimum absolute atomic E-state index is 0.0228. The van der Waals surface area contributed by atoms with Crippen LogP contribution in [0.5, 0.6) is 0 Å². The van der Waals surface area contributed by atoms with Crippen molar-refractivity contribution in [2.45, 2.75) is 36.6 Å². The largest absolute Gasteiger partial charge is 0.480 e. The number of carboxylic acids is 1. The van der Waals surface area contributed by atoms with E-state index in [1.807, 2.05) is 6.07 Å². The van der Waals surface area contributed by atoms with E-state index in [2.05, 4.69) is 0 Å². The van der Waals surface area contributed by atoms with E-state index in [9.17, 15) is 13.2 Å². The molecule has 0 amide bonds. The number of hydrogen-bond acceptors (Lipinski definition) is 4. The Kier molecular flexibility index (Phi) is 4.60. The van der Waals surface area contributed by atoms with E-state index in [1.165, 1.54) is 24.3 Å². The molecule has 0 heterocycles. The molecule has 2 rings (SSSR count). The van der Waals surface area contributed by atoms with Crippen LogP contribution in [0.3, 0.4) is 0 Å². The monoisotopic (exact) mass is 308 g/mol. The lowest BCUT2D eigenvalue weighted by molar-refractivity contribution is -0.137. The van der Waals surface area contributed by atoms with Crippen LogP contribution in [0.25, 0.3) is 0 Å². The summed E-state index contributed by atoms with van der Waals surface area (Å²) in [7, 11) is -3.86. The fourth-order valence-corrected chi connectivity index (χ4v) is 4.21. The standard InChI is InChI=1S/C14H16N2O4S/c15-9-11-5-7-13(8-6-11)21(19,20)16(10-14(17)18)12-3-1-2-4-12/h5-8,12H,1-4,10H2,(H,17,18). The van der Waals surface area contributed by atoms with E-state index in [-0.39, 0.29) is 10.9 Å². The highest BCUT2D eigenvalue weighted by molar-refractivity contribution is 7.89. The van der Waals surface area contributed by atoms with Crippen molar-refractivity contribution in [3.63, 3.8) is 0 Å². The number of sulfonamides is 1. The first-order chi connectivity index (χ1) is 9.95. The van der Waals surface area contributed by atoms with Crippen molar-refractivity contribution in [1.82, 2.24) is 4.31 Å². The van der Waals surface area contributed by atoms with Crippen LogP contribution in [0.15, 0.2) is 29.2 Å². The number of carboxylic acid groups (broad SMARTS) is 1. The van der Waals surface area contributed by atoms with Gasteiger partial charge < -0.3 is 5.11 Å². The molecule has 1 N–H and O–H groups in total. The zero-order valence-corrected chi connectivity index (χ0v) is 12.2. The summed E-state index contributed by atoms with van der Waals surface area (Å²) in [6.07, 6.45) is 3.18. The normalized spacial score (nSPS) is 16.0. The third kappa shape index (κ3) is 3.40. The highest BCUT2D eigenvalue weighted by Gasteiger charge is 2.34. The second-order valence-electron chi connectivity index (χ2n) is 5.02. The van der Waals surface area contributed by atoms with Crippen molar-refractivity contribution in [3.05, 3.63) is 29.8 Å². The maximum atomic E-state index is 12.6. The Morgan fingerprint density at radius 2 is 1.86 bits per heavy atom. The summed E-state index contributed by atoms with van der Waals surface area (Å²) < 4.78 is 26.3. The number of aliphatic carboxylic acids is 1. The molecule has 112 valence electrons. The molecule has 1 aliphatic rings. The van der Waals surface area contributed by atoms with E-state index in [4.69, 9.17) is 10.4 Å². The van der Waals surface area contributed by atoms with Crippen LogP contribution in [0.2, 0.25) is 0 Å². The summed E-state index contributed by atoms with van der Waals surface area (Å²) in [5, 5.41) is 17.7. The molecule has 1 aliphatic carbocycles. The molecule has 7 heteroatoms. The van der Waals surface area contributed by atoms with Crippen LogP contribution >= 0.6 is 0 Å². The van der Waals surface area contributed by atoms with Gasteiger partial charge >= 0.3 is 5.97 Å². The first kappa shape index (κ1) is 15.5. The van der Waals surface area contributed by atoms with Crippen molar-refractivity contribution < 1.29 is 18.3 Å². The number of carbonyl (C=O) groups is 1. The molecular formula is C14H16N2O4S. The van der Waals surface area contributed by atoms with Gasteiger partial charge in [-0.15, -0.1) is 0 Å². The first-order valence-corrected chi connectivity index (χ1v) is 8.13. The molecule has 0 radical (unpaired) electrons. The molecule has 0 aliphatic heterocycles. The van der Waals surface area contributed by atoms with E-state index >= 15 is 0 Å². The molecule has 0 atom stereocenters. The lowest BCUT2D eigenvalue weighted by Crippen LogP contribution is -2.42. The van der Waals surface area contributed by atoms with Gasteiger partial charge in [0.05, 0.1) is 16.5 Å². The second kappa shape index (κ2) is 6.24. The maximum Gasteiger partial charge on any atom is 0.318 e. The summed E-state index contributed by atoms with van der Waals surface area (Å²) in [5.41, 5.74) is 0.361. The molecule has 1 aromatic rings. The fraction of sp³-hybridized carbons (Fsp3) is 0.429. The van der Waals surface area contributed by atoms with Crippen LogP contribution < -0.4 is 0 Å². The highest BCUT2D eigenvalue weighted by atomic mass is 32.2. The fourth-order valence-electron chi connectivity index (χ4n) is 2.57. The smallest absolute Gasteiger partial charge is 0.318 e. The summed E-state index contributed by atoms with van der Waals surface area (Å²) in [6, 6.07) is 7.18. The van der Waals surface area contributed by atoms with Gasteiger partial charge in [0, 0.05) is 6.04 Å². The molecule has 21 heavy (non-hydrogen) atoms. The van der Waals surface area contributed by atoms with Crippen molar-refractivity contribution >= 4 is 16.0 Å². The Morgan fingerprint density at radius 3 is 2.33 bits per heavy atom. The van der Waals surface area contributed by atoms with Gasteiger partial charge in [-0.3, -0.25) is 4.79 Å². The van der Waals surface area contributed by atoms with Crippen LogP contribution in [-0.4, -0.2) is 36.4 Å². The second-order valence-corrected chi connectivity index (χ2v) is 6.91. The average Bonchev–Trinajstić information content (AvgIpc) is 2.98. The van der Waals surface area contributed by atoms with Crippen molar-refractivity contribution in [3.8, 4) is 6.07 Å². The highest BCUT2D eigenvalue weighted by Crippen LogP contribution is 2.28. The van der Waals surface area contributed by atoms with E-state index in [0.717, 1.165) is 17.1 Å². The lowest BCUT2D eigenvalue weighted by atomic mass is 10.2. The van der Waals surface area contributed by atoms with Crippen molar-refractivity contribution in [2.24, 2.45) is 0 Å². The van der Waals surface area contributed by atoms with E-state index < -0.39 is 22.5 Å². The van der Waals surface area contributed by atoms with Gasteiger partial charge in [-0.1, -0.05) is 12.8 Å². The molecular weight excluding hydrogens is 292 g/mol. The number of benzene rings is 1. The minimum Gasteiger partial charge on any atom is -0.480 e. The van der Waals surface area contributed by atoms with Gasteiger partial charge in [-0.05, 0) is 37.1 Å². The number of hydrogen-bond donors (Lipinski definition) is 1. The van der Waals surface area contributed by atoms with Crippen LogP contribution in [0, 0.1) is 11.3 Å². The Balaban J connectivity index is 2.35. The first-order valence-electron chi connectivity index (χ1n) is 6.69. The predicted octanol–water partition coefficient (Wildman–Crippen LogP) is 1.58. The van der Waals surface area contributed by atoms with E-state index in [1.54, 1.807) is 0 Å². The Hall–Kier alpha value is -1.91. The Bertz CT molecular complexity index is 655. The summed E-state index contributed by atoms with van der Waals surface area (Å²) in [6.45, 7) is -0.535. The Labute approximate surface area is 123 Å². The number of nitrogens with zero attached hydrogens (tertiary/aromatic N) is 2. The molecule has 1 aromatic carbocycles. The third-order valence-electron chi connectivity index (χ3n) is 3.61. The van der Waals surface area contributed by atoms with Crippen LogP contribution in [0.4, 0.5) is 0 Å². The van der Waals surface area contributed by atoms with Crippen molar-refractivity contribution in [2.75, 3.05) is 6.54 Å². The molecule has 0 spiro atoms. The molecule has 6 nitrogen and oxygen atoms in total. The zero-order chi connectivity index (χ0) is 15.5. The SMILES string of the molecule is N#Cc1ccc(S(=O)(=O)N(CC(=O)O)C2CCCC2)cc1. The van der Waals surface area contributed by atoms with E-state index in [0.29, 0.717) is 18.4 Å². The summed E-state index contributed by atoms with van der Waals surface area (Å²) >= 11 is 0. The summed E-state index contributed by atoms with van der Waals surface area (Å²) in [4.78, 5) is 11.0. The molecule has 1 saturated carbocycles. The van der Waals surface area contributed by atoms with Crippen LogP contribution in [0.1, 0.15) is 31.2 Å². The number of rotatable bonds is 5. The lowest BCUT2D eigenvalue weighted by Gasteiger charge is -2.26. The van der Waals surface area contributed by atoms with Crippen LogP contribution in [-0.2, 0) is 14.8 Å². The van der Waals surface area contributed by atoms with Gasteiger partial charge in [0.1, 0.15) is 6.54 Å². The zero-order valence-electron chi connectivity index (χ0n) is 11.4. The molecule has 0 bridgehead atoms. The molecule has 0 unspecified atom stereocenters. The van der Waals surface area contributed by atoms with Gasteiger partial charge in [0.25, 0.3) is 0 Å². The predicted molar refractivity (Wildman–Crippen MR) is 74.9 cm³/mol. The molecule has 0 saturated heterocycles.